The Morgan fingerprint density at radius 1 is 1.42 bits per heavy atom. The summed E-state index contributed by atoms with van der Waals surface area (Å²) in [5, 5.41) is 14.2. The van der Waals surface area contributed by atoms with Crippen LogP contribution in [0.15, 0.2) is 15.9 Å². The number of hydrogen-bond donors (Lipinski definition) is 3. The molecule has 2 amide bonds. The van der Waals surface area contributed by atoms with Crippen LogP contribution in [0.3, 0.4) is 0 Å². The first kappa shape index (κ1) is 16.0. The van der Waals surface area contributed by atoms with E-state index in [4.69, 9.17) is 5.11 Å². The van der Waals surface area contributed by atoms with Gasteiger partial charge in [0.05, 0.1) is 10.3 Å². The van der Waals surface area contributed by atoms with Crippen LogP contribution < -0.4 is 10.6 Å². The SMILES string of the molecule is CC(C)(C)[C@H](NC(=O)NCc1ccc(Br)s1)C(=O)O. The van der Waals surface area contributed by atoms with E-state index in [2.05, 4.69) is 26.6 Å². The predicted molar refractivity (Wildman–Crippen MR) is 78.3 cm³/mol. The Labute approximate surface area is 124 Å². The maximum atomic E-state index is 11.7. The normalized spacial score (nSPS) is 12.8. The van der Waals surface area contributed by atoms with Crippen LogP contribution in [0.25, 0.3) is 0 Å². The van der Waals surface area contributed by atoms with Crippen molar-refractivity contribution in [3.63, 3.8) is 0 Å². The Hall–Kier alpha value is -1.08. The number of amides is 2. The number of hydrogen-bond acceptors (Lipinski definition) is 3. The minimum atomic E-state index is -1.04. The molecule has 3 N–H and O–H groups in total. The van der Waals surface area contributed by atoms with Crippen molar-refractivity contribution < 1.29 is 14.7 Å². The molecule has 0 saturated carbocycles. The fourth-order valence-electron chi connectivity index (χ4n) is 1.44. The van der Waals surface area contributed by atoms with Crippen molar-refractivity contribution in [3.8, 4) is 0 Å². The summed E-state index contributed by atoms with van der Waals surface area (Å²) in [5.74, 6) is -1.04. The molecule has 0 aliphatic carbocycles. The number of carboxylic acids is 1. The molecule has 0 unspecified atom stereocenters. The van der Waals surface area contributed by atoms with Gasteiger partial charge in [0.1, 0.15) is 6.04 Å². The maximum absolute atomic E-state index is 11.7. The first-order chi connectivity index (χ1) is 8.70. The van der Waals surface area contributed by atoms with Crippen molar-refractivity contribution in [3.05, 3.63) is 20.8 Å². The van der Waals surface area contributed by atoms with E-state index in [9.17, 15) is 9.59 Å². The molecule has 19 heavy (non-hydrogen) atoms. The zero-order valence-electron chi connectivity index (χ0n) is 11.0. The molecule has 0 aliphatic heterocycles. The van der Waals surface area contributed by atoms with Crippen molar-refractivity contribution in [1.82, 2.24) is 10.6 Å². The number of rotatable bonds is 4. The number of aliphatic carboxylic acids is 1. The van der Waals surface area contributed by atoms with Gasteiger partial charge in [-0.05, 0) is 33.5 Å². The van der Waals surface area contributed by atoms with Crippen LogP contribution in [-0.2, 0) is 11.3 Å². The summed E-state index contributed by atoms with van der Waals surface area (Å²) in [5.41, 5.74) is -0.546. The third-order valence-electron chi connectivity index (χ3n) is 2.44. The van der Waals surface area contributed by atoms with E-state index >= 15 is 0 Å². The van der Waals surface area contributed by atoms with E-state index < -0.39 is 23.5 Å². The van der Waals surface area contributed by atoms with Crippen LogP contribution in [0.1, 0.15) is 25.6 Å². The van der Waals surface area contributed by atoms with E-state index in [1.165, 1.54) is 11.3 Å². The molecule has 1 heterocycles. The first-order valence-corrected chi connectivity index (χ1v) is 7.32. The van der Waals surface area contributed by atoms with Crippen LogP contribution in [0, 0.1) is 5.41 Å². The van der Waals surface area contributed by atoms with Crippen molar-refractivity contribution in [2.45, 2.75) is 33.4 Å². The second-order valence-corrected chi connectivity index (χ2v) is 7.72. The van der Waals surface area contributed by atoms with Gasteiger partial charge in [-0.1, -0.05) is 20.8 Å². The standard InChI is InChI=1S/C12H17BrN2O3S/c1-12(2,3)9(10(16)17)15-11(18)14-6-7-4-5-8(13)19-7/h4-5,9H,6H2,1-3H3,(H,16,17)(H2,14,15,18)/t9-/m1/s1. The van der Waals surface area contributed by atoms with Gasteiger partial charge in [-0.15, -0.1) is 11.3 Å². The zero-order valence-corrected chi connectivity index (χ0v) is 13.4. The zero-order chi connectivity index (χ0) is 14.6. The lowest BCUT2D eigenvalue weighted by Crippen LogP contribution is -2.52. The average Bonchev–Trinajstić information content (AvgIpc) is 2.67. The second-order valence-electron chi connectivity index (χ2n) is 5.17. The molecule has 1 aromatic heterocycles. The number of thiophene rings is 1. The minimum absolute atomic E-state index is 0.374. The molecule has 1 rings (SSSR count). The Bertz CT molecular complexity index is 468. The number of carboxylic acid groups (broad SMARTS) is 1. The van der Waals surface area contributed by atoms with Gasteiger partial charge < -0.3 is 15.7 Å². The Kier molecular flexibility index (Phi) is 5.37. The fourth-order valence-corrected chi connectivity index (χ4v) is 2.87. The second kappa shape index (κ2) is 6.38. The van der Waals surface area contributed by atoms with Crippen LogP contribution in [0.2, 0.25) is 0 Å². The minimum Gasteiger partial charge on any atom is -0.480 e. The Balaban J connectivity index is 2.52. The Morgan fingerprint density at radius 3 is 2.47 bits per heavy atom. The fraction of sp³-hybridized carbons (Fsp3) is 0.500. The highest BCUT2D eigenvalue weighted by Gasteiger charge is 2.32. The summed E-state index contributed by atoms with van der Waals surface area (Å²) in [6.07, 6.45) is 0. The lowest BCUT2D eigenvalue weighted by atomic mass is 9.87. The van der Waals surface area contributed by atoms with Crippen molar-refractivity contribution in [2.75, 3.05) is 0 Å². The van der Waals surface area contributed by atoms with Gasteiger partial charge in [0.2, 0.25) is 0 Å². The summed E-state index contributed by atoms with van der Waals surface area (Å²) >= 11 is 4.86. The van der Waals surface area contributed by atoms with Crippen LogP contribution in [0.4, 0.5) is 4.79 Å². The summed E-state index contributed by atoms with van der Waals surface area (Å²) < 4.78 is 0.989. The highest BCUT2D eigenvalue weighted by atomic mass is 79.9. The molecule has 0 aliphatic rings. The van der Waals surface area contributed by atoms with Crippen LogP contribution in [0.5, 0.6) is 0 Å². The molecule has 0 radical (unpaired) electrons. The highest BCUT2D eigenvalue weighted by molar-refractivity contribution is 9.11. The van der Waals surface area contributed by atoms with Gasteiger partial charge in [0.15, 0.2) is 0 Å². The number of nitrogens with one attached hydrogen (secondary N) is 2. The monoisotopic (exact) mass is 348 g/mol. The van der Waals surface area contributed by atoms with E-state index in [1.807, 2.05) is 12.1 Å². The van der Waals surface area contributed by atoms with Crippen LogP contribution >= 0.6 is 27.3 Å². The molecular weight excluding hydrogens is 332 g/mol. The van der Waals surface area contributed by atoms with Gasteiger partial charge in [-0.2, -0.15) is 0 Å². The van der Waals surface area contributed by atoms with Crippen molar-refractivity contribution in [1.29, 1.82) is 0 Å². The molecule has 7 heteroatoms. The molecule has 0 bridgehead atoms. The van der Waals surface area contributed by atoms with E-state index in [-0.39, 0.29) is 0 Å². The van der Waals surface area contributed by atoms with Gasteiger partial charge in [-0.25, -0.2) is 9.59 Å². The lowest BCUT2D eigenvalue weighted by molar-refractivity contribution is -0.141. The summed E-state index contributed by atoms with van der Waals surface area (Å²) in [6.45, 7) is 5.67. The highest BCUT2D eigenvalue weighted by Crippen LogP contribution is 2.22. The molecule has 0 saturated heterocycles. The molecule has 0 spiro atoms. The number of urea groups is 1. The number of carbonyl (C=O) groups is 2. The molecule has 0 aromatic carbocycles. The molecular formula is C12H17BrN2O3S. The van der Waals surface area contributed by atoms with E-state index in [0.29, 0.717) is 6.54 Å². The van der Waals surface area contributed by atoms with Gasteiger partial charge in [-0.3, -0.25) is 0 Å². The number of carbonyl (C=O) groups excluding carboxylic acids is 1. The summed E-state index contributed by atoms with van der Waals surface area (Å²) in [7, 11) is 0. The average molecular weight is 349 g/mol. The third-order valence-corrected chi connectivity index (χ3v) is 4.06. The van der Waals surface area contributed by atoms with Gasteiger partial charge in [0, 0.05) is 4.88 Å². The summed E-state index contributed by atoms with van der Waals surface area (Å²) in [6, 6.07) is 2.39. The van der Waals surface area contributed by atoms with E-state index in [1.54, 1.807) is 20.8 Å². The molecule has 0 fully saturated rings. The number of halogens is 1. The molecule has 106 valence electrons. The predicted octanol–water partition coefficient (Wildman–Crippen LogP) is 2.81. The van der Waals surface area contributed by atoms with Crippen molar-refractivity contribution in [2.24, 2.45) is 5.41 Å². The van der Waals surface area contributed by atoms with Gasteiger partial charge in [0.25, 0.3) is 0 Å². The van der Waals surface area contributed by atoms with E-state index in [0.717, 1.165) is 8.66 Å². The third kappa shape index (κ3) is 5.20. The lowest BCUT2D eigenvalue weighted by Gasteiger charge is -2.27. The van der Waals surface area contributed by atoms with Gasteiger partial charge >= 0.3 is 12.0 Å². The largest absolute Gasteiger partial charge is 0.480 e. The molecule has 1 atom stereocenters. The Morgan fingerprint density at radius 2 is 2.05 bits per heavy atom. The smallest absolute Gasteiger partial charge is 0.326 e. The summed E-state index contributed by atoms with van der Waals surface area (Å²) in [4.78, 5) is 23.8. The molecule has 5 nitrogen and oxygen atoms in total. The quantitative estimate of drug-likeness (QED) is 0.782. The van der Waals surface area contributed by atoms with Crippen LogP contribution in [-0.4, -0.2) is 23.1 Å². The topological polar surface area (TPSA) is 78.4 Å². The molecule has 1 aromatic rings. The van der Waals surface area contributed by atoms with Crippen molar-refractivity contribution >= 4 is 39.3 Å². The maximum Gasteiger partial charge on any atom is 0.326 e. The first-order valence-electron chi connectivity index (χ1n) is 5.71.